The van der Waals surface area contributed by atoms with E-state index in [0.29, 0.717) is 32.1 Å². The van der Waals surface area contributed by atoms with Gasteiger partial charge in [-0.1, -0.05) is 28.1 Å². The van der Waals surface area contributed by atoms with Crippen molar-refractivity contribution in [2.45, 2.75) is 31.1 Å². The molecule has 0 bridgehead atoms. The Hall–Kier alpha value is -1.12. The Labute approximate surface area is 140 Å². The minimum Gasteiger partial charge on any atom is -0.487 e. The molecule has 0 heterocycles. The molecule has 0 radical (unpaired) electrons. The largest absolute Gasteiger partial charge is 0.487 e. The van der Waals surface area contributed by atoms with Crippen LogP contribution in [-0.4, -0.2) is 42.4 Å². The van der Waals surface area contributed by atoms with Crippen molar-refractivity contribution in [1.82, 2.24) is 4.81 Å². The monoisotopic (exact) mass is 372 g/mol. The zero-order valence-corrected chi connectivity index (χ0v) is 15.1. The number of para-hydroxylation sites is 1. The van der Waals surface area contributed by atoms with E-state index in [2.05, 4.69) is 15.9 Å². The third-order valence-corrected chi connectivity index (χ3v) is 3.41. The van der Waals surface area contributed by atoms with Gasteiger partial charge < -0.3 is 14.2 Å². The highest BCUT2D eigenvalue weighted by Crippen LogP contribution is 2.32. The first-order valence-electron chi connectivity index (χ1n) is 7.00. The van der Waals surface area contributed by atoms with Crippen molar-refractivity contribution in [3.05, 3.63) is 33.9 Å². The molecule has 1 aromatic carbocycles. The highest BCUT2D eigenvalue weighted by Gasteiger charge is 2.22. The van der Waals surface area contributed by atoms with Crippen molar-refractivity contribution >= 4 is 29.2 Å². The van der Waals surface area contributed by atoms with E-state index < -0.39 is 0 Å². The van der Waals surface area contributed by atoms with Crippen LogP contribution in [-0.2, 0) is 11.2 Å². The molecule has 0 atom stereocenters. The normalized spacial score (nSPS) is 11.5. The maximum absolute atomic E-state index is 11.4. The summed E-state index contributed by atoms with van der Waals surface area (Å²) in [6.07, 6.45) is 0.748. The van der Waals surface area contributed by atoms with E-state index in [-0.39, 0.29) is 14.9 Å². The summed E-state index contributed by atoms with van der Waals surface area (Å²) in [5, 5.41) is 11.4. The summed E-state index contributed by atoms with van der Waals surface area (Å²) in [5.74, 6) is 0.310. The SMILES string of the molecule is COBN(C)Cc1cccc(OCCC(C)(C)Br)c1[N+](=O)[O-]. The lowest BCUT2D eigenvalue weighted by molar-refractivity contribution is -0.386. The van der Waals surface area contributed by atoms with Gasteiger partial charge >= 0.3 is 13.3 Å². The van der Waals surface area contributed by atoms with E-state index in [9.17, 15) is 10.1 Å². The molecule has 0 aromatic heterocycles. The zero-order chi connectivity index (χ0) is 16.8. The van der Waals surface area contributed by atoms with Gasteiger partial charge in [0, 0.05) is 23.5 Å². The number of hydrogen-bond acceptors (Lipinski definition) is 5. The summed E-state index contributed by atoms with van der Waals surface area (Å²) in [5.41, 5.74) is 0.637. The molecule has 0 unspecified atom stereocenters. The molecule has 0 aliphatic rings. The number of rotatable bonds is 9. The standard InChI is InChI=1S/C14H22BBrN2O4/c1-14(2,16)8-9-22-12-7-5-6-11(13(12)18(19)20)10-17(3)15-21-4/h5-7,15H,8-10H2,1-4H3. The lowest BCUT2D eigenvalue weighted by Gasteiger charge is -2.17. The van der Waals surface area contributed by atoms with Gasteiger partial charge in [0.15, 0.2) is 5.75 Å². The molecule has 0 aliphatic carbocycles. The Morgan fingerprint density at radius 3 is 2.68 bits per heavy atom. The molecule has 22 heavy (non-hydrogen) atoms. The predicted molar refractivity (Wildman–Crippen MR) is 91.8 cm³/mol. The predicted octanol–water partition coefficient (Wildman–Crippen LogP) is 2.88. The van der Waals surface area contributed by atoms with E-state index in [1.54, 1.807) is 25.3 Å². The minimum atomic E-state index is -0.384. The second-order valence-electron chi connectivity index (χ2n) is 5.77. The first kappa shape index (κ1) is 18.9. The summed E-state index contributed by atoms with van der Waals surface area (Å²) in [6, 6.07) is 5.16. The molecule has 0 N–H and O–H groups in total. The number of benzene rings is 1. The average Bonchev–Trinajstić information content (AvgIpc) is 2.37. The molecule has 6 nitrogen and oxygen atoms in total. The van der Waals surface area contributed by atoms with Gasteiger partial charge in [-0.15, -0.1) is 0 Å². The number of ether oxygens (including phenoxy) is 1. The zero-order valence-electron chi connectivity index (χ0n) is 13.5. The van der Waals surface area contributed by atoms with Crippen LogP contribution in [0.4, 0.5) is 5.69 Å². The summed E-state index contributed by atoms with van der Waals surface area (Å²) >= 11 is 3.53. The van der Waals surface area contributed by atoms with Gasteiger partial charge in [0.2, 0.25) is 0 Å². The maximum atomic E-state index is 11.4. The highest BCUT2D eigenvalue weighted by atomic mass is 79.9. The molecule has 0 spiro atoms. The number of alkyl halides is 1. The van der Waals surface area contributed by atoms with Crippen molar-refractivity contribution in [3.8, 4) is 5.75 Å². The Morgan fingerprint density at radius 1 is 1.45 bits per heavy atom. The number of nitro benzene ring substituents is 1. The topological polar surface area (TPSA) is 64.8 Å². The van der Waals surface area contributed by atoms with Gasteiger partial charge in [-0.3, -0.25) is 10.1 Å². The van der Waals surface area contributed by atoms with Gasteiger partial charge in [-0.05, 0) is 33.4 Å². The van der Waals surface area contributed by atoms with Crippen molar-refractivity contribution in [3.63, 3.8) is 0 Å². The maximum Gasteiger partial charge on any atom is 0.363 e. The van der Waals surface area contributed by atoms with Crippen molar-refractivity contribution in [1.29, 1.82) is 0 Å². The average molecular weight is 373 g/mol. The molecule has 8 heteroatoms. The molecule has 1 rings (SSSR count). The van der Waals surface area contributed by atoms with Gasteiger partial charge in [0.25, 0.3) is 0 Å². The van der Waals surface area contributed by atoms with Crippen molar-refractivity contribution < 1.29 is 14.3 Å². The Morgan fingerprint density at radius 2 is 2.14 bits per heavy atom. The number of hydrogen-bond donors (Lipinski definition) is 0. The molecule has 1 aromatic rings. The summed E-state index contributed by atoms with van der Waals surface area (Å²) in [4.78, 5) is 12.9. The van der Waals surface area contributed by atoms with Crippen LogP contribution in [0.15, 0.2) is 18.2 Å². The lowest BCUT2D eigenvalue weighted by atomic mass is 10.1. The van der Waals surface area contributed by atoms with Crippen molar-refractivity contribution in [2.75, 3.05) is 20.8 Å². The Balaban J connectivity index is 2.90. The van der Waals surface area contributed by atoms with Gasteiger partial charge in [0.1, 0.15) is 0 Å². The van der Waals surface area contributed by atoms with Crippen molar-refractivity contribution in [2.24, 2.45) is 0 Å². The number of nitrogens with zero attached hydrogens (tertiary/aromatic N) is 2. The molecule has 122 valence electrons. The molecule has 0 saturated heterocycles. The van der Waals surface area contributed by atoms with E-state index >= 15 is 0 Å². The van der Waals surface area contributed by atoms with Crippen LogP contribution < -0.4 is 4.74 Å². The Bertz CT molecular complexity index is 508. The number of nitro groups is 1. The van der Waals surface area contributed by atoms with E-state index in [1.807, 2.05) is 25.7 Å². The smallest absolute Gasteiger partial charge is 0.363 e. The third-order valence-electron chi connectivity index (χ3n) is 3.01. The minimum absolute atomic E-state index is 0.0258. The van der Waals surface area contributed by atoms with Crippen LogP contribution in [0.1, 0.15) is 25.8 Å². The van der Waals surface area contributed by atoms with Gasteiger partial charge in [0.05, 0.1) is 11.5 Å². The molecule has 0 aliphatic heterocycles. The van der Waals surface area contributed by atoms with Crippen LogP contribution in [0.25, 0.3) is 0 Å². The summed E-state index contributed by atoms with van der Waals surface area (Å²) in [6.45, 7) is 4.89. The van der Waals surface area contributed by atoms with E-state index in [0.717, 1.165) is 6.42 Å². The summed E-state index contributed by atoms with van der Waals surface area (Å²) < 4.78 is 10.6. The Kier molecular flexibility index (Phi) is 7.31. The molecule has 0 saturated carbocycles. The summed E-state index contributed by atoms with van der Waals surface area (Å²) in [7, 11) is 3.83. The third kappa shape index (κ3) is 6.33. The fourth-order valence-electron chi connectivity index (χ4n) is 1.98. The first-order chi connectivity index (χ1) is 10.2. The second kappa shape index (κ2) is 8.50. The van der Waals surface area contributed by atoms with E-state index in [1.165, 1.54) is 0 Å². The van der Waals surface area contributed by atoms with Crippen LogP contribution in [0.2, 0.25) is 0 Å². The molecular formula is C14H22BBrN2O4. The van der Waals surface area contributed by atoms with Gasteiger partial charge in [-0.25, -0.2) is 0 Å². The second-order valence-corrected chi connectivity index (χ2v) is 7.92. The van der Waals surface area contributed by atoms with Gasteiger partial charge in [-0.2, -0.15) is 0 Å². The molecule has 0 amide bonds. The van der Waals surface area contributed by atoms with Crippen LogP contribution in [0, 0.1) is 10.1 Å². The van der Waals surface area contributed by atoms with Crippen LogP contribution in [0.3, 0.4) is 0 Å². The fourth-order valence-corrected chi connectivity index (χ4v) is 2.14. The molecule has 0 fully saturated rings. The quantitative estimate of drug-likeness (QED) is 0.288. The first-order valence-corrected chi connectivity index (χ1v) is 7.79. The van der Waals surface area contributed by atoms with E-state index in [4.69, 9.17) is 9.39 Å². The van der Waals surface area contributed by atoms with Crippen LogP contribution in [0.5, 0.6) is 5.75 Å². The lowest BCUT2D eigenvalue weighted by Crippen LogP contribution is -2.24. The fraction of sp³-hybridized carbons (Fsp3) is 0.571. The van der Waals surface area contributed by atoms with Crippen LogP contribution >= 0.6 is 15.9 Å². The number of halogens is 1. The highest BCUT2D eigenvalue weighted by molar-refractivity contribution is 9.10. The molecular weight excluding hydrogens is 351 g/mol.